The number of benzene rings is 2. The van der Waals surface area contributed by atoms with Crippen molar-refractivity contribution in [3.8, 4) is 0 Å². The Morgan fingerprint density at radius 2 is 2.05 bits per heavy atom. The Kier molecular flexibility index (Phi) is 3.85. The molecule has 102 valence electrons. The van der Waals surface area contributed by atoms with Crippen LogP contribution in [0.25, 0.3) is 10.2 Å². The van der Waals surface area contributed by atoms with Crippen LogP contribution in [-0.4, -0.2) is 11.5 Å². The van der Waals surface area contributed by atoms with E-state index >= 15 is 0 Å². The highest BCUT2D eigenvalue weighted by Crippen LogP contribution is 2.31. The Morgan fingerprint density at radius 3 is 2.85 bits per heavy atom. The monoisotopic (exact) mass is 306 g/mol. The van der Waals surface area contributed by atoms with E-state index in [1.54, 1.807) is 12.1 Å². The molecule has 5 heteroatoms. The maximum atomic E-state index is 13.1. The van der Waals surface area contributed by atoms with Crippen molar-refractivity contribution in [1.29, 1.82) is 0 Å². The fourth-order valence-corrected chi connectivity index (χ4v) is 3.18. The van der Waals surface area contributed by atoms with Gasteiger partial charge in [-0.15, -0.1) is 0 Å². The fourth-order valence-electron chi connectivity index (χ4n) is 2.00. The molecule has 0 spiro atoms. The van der Waals surface area contributed by atoms with Crippen LogP contribution in [0.2, 0.25) is 5.02 Å². The molecule has 1 aromatic heterocycles. The molecule has 0 saturated carbocycles. The number of rotatable bonds is 4. The van der Waals surface area contributed by atoms with Crippen LogP contribution in [0.15, 0.2) is 42.5 Å². The van der Waals surface area contributed by atoms with Gasteiger partial charge < -0.3 is 5.32 Å². The molecule has 1 heterocycles. The van der Waals surface area contributed by atoms with Crippen LogP contribution in [0.3, 0.4) is 0 Å². The second-order valence-corrected chi connectivity index (χ2v) is 5.82. The number of nitrogens with zero attached hydrogens (tertiary/aromatic N) is 1. The van der Waals surface area contributed by atoms with Gasteiger partial charge in [-0.1, -0.05) is 41.1 Å². The van der Waals surface area contributed by atoms with Crippen molar-refractivity contribution < 1.29 is 4.39 Å². The number of hydrogen-bond acceptors (Lipinski definition) is 3. The van der Waals surface area contributed by atoms with Crippen molar-refractivity contribution >= 4 is 38.3 Å². The third-order valence-electron chi connectivity index (χ3n) is 2.95. The summed E-state index contributed by atoms with van der Waals surface area (Å²) in [6.45, 7) is 0.709. The van der Waals surface area contributed by atoms with E-state index in [0.717, 1.165) is 32.4 Å². The van der Waals surface area contributed by atoms with Crippen molar-refractivity contribution in [2.75, 3.05) is 11.9 Å². The highest BCUT2D eigenvalue weighted by molar-refractivity contribution is 7.22. The zero-order valence-electron chi connectivity index (χ0n) is 10.6. The number of halogens is 2. The van der Waals surface area contributed by atoms with Crippen LogP contribution >= 0.6 is 22.9 Å². The maximum absolute atomic E-state index is 13.1. The molecule has 0 aliphatic carbocycles. The van der Waals surface area contributed by atoms with Gasteiger partial charge in [0.25, 0.3) is 0 Å². The van der Waals surface area contributed by atoms with Crippen LogP contribution in [0.1, 0.15) is 5.56 Å². The summed E-state index contributed by atoms with van der Waals surface area (Å²) in [5, 5.41) is 4.81. The molecule has 0 saturated heterocycles. The second kappa shape index (κ2) is 5.77. The minimum atomic E-state index is -0.200. The lowest BCUT2D eigenvalue weighted by atomic mass is 10.1. The third kappa shape index (κ3) is 2.92. The van der Waals surface area contributed by atoms with Gasteiger partial charge in [-0.25, -0.2) is 9.37 Å². The quantitative estimate of drug-likeness (QED) is 0.753. The first-order chi connectivity index (χ1) is 9.72. The molecule has 0 fully saturated rings. The van der Waals surface area contributed by atoms with Crippen LogP contribution in [0, 0.1) is 5.82 Å². The first-order valence-corrected chi connectivity index (χ1v) is 7.45. The van der Waals surface area contributed by atoms with E-state index in [1.165, 1.54) is 17.4 Å². The predicted molar refractivity (Wildman–Crippen MR) is 83.2 cm³/mol. The average molecular weight is 307 g/mol. The Bertz CT molecular complexity index is 742. The van der Waals surface area contributed by atoms with E-state index in [4.69, 9.17) is 11.6 Å². The normalized spacial score (nSPS) is 10.9. The standard InChI is InChI=1S/C15H12ClFN2S/c16-12-5-2-6-13-14(12)20-15(19-13)18-8-7-10-3-1-4-11(17)9-10/h1-6,9H,7-8H2,(H,18,19). The summed E-state index contributed by atoms with van der Waals surface area (Å²) in [7, 11) is 0. The lowest BCUT2D eigenvalue weighted by Crippen LogP contribution is -2.04. The average Bonchev–Trinajstić information content (AvgIpc) is 2.83. The van der Waals surface area contributed by atoms with Gasteiger partial charge in [0, 0.05) is 6.54 Å². The lowest BCUT2D eigenvalue weighted by molar-refractivity contribution is 0.625. The maximum Gasteiger partial charge on any atom is 0.183 e. The molecule has 0 bridgehead atoms. The Morgan fingerprint density at radius 1 is 1.20 bits per heavy atom. The molecule has 3 rings (SSSR count). The van der Waals surface area contributed by atoms with Gasteiger partial charge >= 0.3 is 0 Å². The number of aromatic nitrogens is 1. The summed E-state index contributed by atoms with van der Waals surface area (Å²) in [5.41, 5.74) is 1.87. The van der Waals surface area contributed by atoms with E-state index in [-0.39, 0.29) is 5.82 Å². The molecule has 0 amide bonds. The second-order valence-electron chi connectivity index (χ2n) is 4.41. The van der Waals surface area contributed by atoms with Crippen molar-refractivity contribution in [3.63, 3.8) is 0 Å². The number of anilines is 1. The number of thiazole rings is 1. The van der Waals surface area contributed by atoms with E-state index in [0.29, 0.717) is 6.54 Å². The fraction of sp³-hybridized carbons (Fsp3) is 0.133. The van der Waals surface area contributed by atoms with Crippen molar-refractivity contribution in [2.24, 2.45) is 0 Å². The van der Waals surface area contributed by atoms with E-state index < -0.39 is 0 Å². The largest absolute Gasteiger partial charge is 0.361 e. The molecule has 0 aliphatic rings. The molecular formula is C15H12ClFN2S. The first-order valence-electron chi connectivity index (χ1n) is 6.26. The van der Waals surface area contributed by atoms with Crippen molar-refractivity contribution in [2.45, 2.75) is 6.42 Å². The highest BCUT2D eigenvalue weighted by atomic mass is 35.5. The summed E-state index contributed by atoms with van der Waals surface area (Å²) in [5.74, 6) is -0.200. The summed E-state index contributed by atoms with van der Waals surface area (Å²) in [4.78, 5) is 4.47. The van der Waals surface area contributed by atoms with Gasteiger partial charge in [-0.05, 0) is 36.2 Å². The van der Waals surface area contributed by atoms with Gasteiger partial charge in [-0.2, -0.15) is 0 Å². The van der Waals surface area contributed by atoms with Gasteiger partial charge in [0.1, 0.15) is 5.82 Å². The first kappa shape index (κ1) is 13.3. The molecule has 2 aromatic carbocycles. The van der Waals surface area contributed by atoms with Crippen molar-refractivity contribution in [3.05, 3.63) is 58.9 Å². The van der Waals surface area contributed by atoms with E-state index in [2.05, 4.69) is 10.3 Å². The third-order valence-corrected chi connectivity index (χ3v) is 4.44. The van der Waals surface area contributed by atoms with E-state index in [9.17, 15) is 4.39 Å². The molecular weight excluding hydrogens is 295 g/mol. The van der Waals surface area contributed by atoms with Crippen LogP contribution in [0.5, 0.6) is 0 Å². The number of fused-ring (bicyclic) bond motifs is 1. The minimum Gasteiger partial charge on any atom is -0.361 e. The van der Waals surface area contributed by atoms with E-state index in [1.807, 2.05) is 24.3 Å². The minimum absolute atomic E-state index is 0.200. The Hall–Kier alpha value is -1.65. The molecule has 2 nitrogen and oxygen atoms in total. The molecule has 20 heavy (non-hydrogen) atoms. The smallest absolute Gasteiger partial charge is 0.183 e. The summed E-state index contributed by atoms with van der Waals surface area (Å²) >= 11 is 7.65. The van der Waals surface area contributed by atoms with Gasteiger partial charge in [-0.3, -0.25) is 0 Å². The highest BCUT2D eigenvalue weighted by Gasteiger charge is 2.06. The van der Waals surface area contributed by atoms with Crippen LogP contribution < -0.4 is 5.32 Å². The zero-order chi connectivity index (χ0) is 13.9. The molecule has 1 N–H and O–H groups in total. The molecule has 0 aliphatic heterocycles. The summed E-state index contributed by atoms with van der Waals surface area (Å²) in [6, 6.07) is 12.3. The SMILES string of the molecule is Fc1cccc(CCNc2nc3cccc(Cl)c3s2)c1. The topological polar surface area (TPSA) is 24.9 Å². The van der Waals surface area contributed by atoms with Gasteiger partial charge in [0.2, 0.25) is 0 Å². The van der Waals surface area contributed by atoms with Gasteiger partial charge in [0.05, 0.1) is 15.2 Å². The van der Waals surface area contributed by atoms with Crippen LogP contribution in [-0.2, 0) is 6.42 Å². The molecule has 0 unspecified atom stereocenters. The molecule has 3 aromatic rings. The molecule has 0 radical (unpaired) electrons. The Balaban J connectivity index is 1.67. The molecule has 0 atom stereocenters. The predicted octanol–water partition coefficient (Wildman–Crippen LogP) is 4.74. The number of nitrogens with one attached hydrogen (secondary N) is 1. The zero-order valence-corrected chi connectivity index (χ0v) is 12.1. The summed E-state index contributed by atoms with van der Waals surface area (Å²) < 4.78 is 14.0. The van der Waals surface area contributed by atoms with Crippen molar-refractivity contribution in [1.82, 2.24) is 4.98 Å². The summed E-state index contributed by atoms with van der Waals surface area (Å²) in [6.07, 6.45) is 0.751. The Labute approximate surface area is 125 Å². The van der Waals surface area contributed by atoms with Gasteiger partial charge in [0.15, 0.2) is 5.13 Å². The number of hydrogen-bond donors (Lipinski definition) is 1. The van der Waals surface area contributed by atoms with Crippen LogP contribution in [0.4, 0.5) is 9.52 Å². The lowest BCUT2D eigenvalue weighted by Gasteiger charge is -2.02.